The quantitative estimate of drug-likeness (QED) is 0.876. The Kier molecular flexibility index (Phi) is 4.10. The standard InChI is InChI=1S/C15H22N2O2/c1-10-7-13(10)9-17(3)15(19)16-14-6-4-5-12(8-14)11(2)18/h4-6,8,10-11,13,18H,7,9H2,1-3H3,(H,16,19). The van der Waals surface area contributed by atoms with Crippen LogP contribution in [0.2, 0.25) is 0 Å². The highest BCUT2D eigenvalue weighted by atomic mass is 16.3. The second kappa shape index (κ2) is 5.61. The van der Waals surface area contributed by atoms with Crippen molar-refractivity contribution in [2.24, 2.45) is 11.8 Å². The van der Waals surface area contributed by atoms with Crippen molar-refractivity contribution in [3.63, 3.8) is 0 Å². The fourth-order valence-corrected chi connectivity index (χ4v) is 2.18. The maximum absolute atomic E-state index is 12.0. The first kappa shape index (κ1) is 13.9. The lowest BCUT2D eigenvalue weighted by Gasteiger charge is -2.18. The lowest BCUT2D eigenvalue weighted by atomic mass is 10.1. The fraction of sp³-hybridized carbons (Fsp3) is 0.533. The van der Waals surface area contributed by atoms with Crippen molar-refractivity contribution in [2.75, 3.05) is 18.9 Å². The van der Waals surface area contributed by atoms with Gasteiger partial charge in [0.1, 0.15) is 0 Å². The molecule has 0 bridgehead atoms. The molecule has 4 nitrogen and oxygen atoms in total. The smallest absolute Gasteiger partial charge is 0.321 e. The summed E-state index contributed by atoms with van der Waals surface area (Å²) in [7, 11) is 1.82. The summed E-state index contributed by atoms with van der Waals surface area (Å²) < 4.78 is 0. The van der Waals surface area contributed by atoms with Gasteiger partial charge in [0.05, 0.1) is 6.10 Å². The van der Waals surface area contributed by atoms with Crippen LogP contribution in [0.4, 0.5) is 10.5 Å². The lowest BCUT2D eigenvalue weighted by Crippen LogP contribution is -2.33. The van der Waals surface area contributed by atoms with E-state index in [1.54, 1.807) is 17.9 Å². The normalized spacial score (nSPS) is 22.7. The average molecular weight is 262 g/mol. The number of amides is 2. The van der Waals surface area contributed by atoms with Gasteiger partial charge in [0, 0.05) is 19.3 Å². The Morgan fingerprint density at radius 1 is 1.58 bits per heavy atom. The van der Waals surface area contributed by atoms with E-state index in [1.165, 1.54) is 6.42 Å². The van der Waals surface area contributed by atoms with Gasteiger partial charge >= 0.3 is 6.03 Å². The van der Waals surface area contributed by atoms with Gasteiger partial charge in [-0.25, -0.2) is 4.79 Å². The van der Waals surface area contributed by atoms with E-state index in [0.717, 1.165) is 23.7 Å². The number of carbonyl (C=O) groups is 1. The monoisotopic (exact) mass is 262 g/mol. The largest absolute Gasteiger partial charge is 0.389 e. The van der Waals surface area contributed by atoms with Gasteiger partial charge in [-0.3, -0.25) is 0 Å². The minimum atomic E-state index is -0.526. The number of anilines is 1. The SMILES string of the molecule is CC(O)c1cccc(NC(=O)N(C)CC2CC2C)c1. The van der Waals surface area contributed by atoms with E-state index in [4.69, 9.17) is 0 Å². The van der Waals surface area contributed by atoms with Crippen LogP contribution in [0.1, 0.15) is 31.9 Å². The van der Waals surface area contributed by atoms with Crippen LogP contribution in [-0.2, 0) is 0 Å². The lowest BCUT2D eigenvalue weighted by molar-refractivity contribution is 0.199. The summed E-state index contributed by atoms with van der Waals surface area (Å²) in [4.78, 5) is 13.7. The van der Waals surface area contributed by atoms with Gasteiger partial charge in [-0.05, 0) is 42.9 Å². The highest BCUT2D eigenvalue weighted by Gasteiger charge is 2.34. The van der Waals surface area contributed by atoms with Crippen molar-refractivity contribution in [3.8, 4) is 0 Å². The number of hydrogen-bond donors (Lipinski definition) is 2. The minimum absolute atomic E-state index is 0.0955. The zero-order valence-corrected chi connectivity index (χ0v) is 11.8. The van der Waals surface area contributed by atoms with Gasteiger partial charge in [-0.1, -0.05) is 19.1 Å². The Morgan fingerprint density at radius 2 is 2.26 bits per heavy atom. The van der Waals surface area contributed by atoms with Gasteiger partial charge in [-0.2, -0.15) is 0 Å². The number of benzene rings is 1. The van der Waals surface area contributed by atoms with Crippen molar-refractivity contribution >= 4 is 11.7 Å². The molecular weight excluding hydrogens is 240 g/mol. The first-order valence-electron chi connectivity index (χ1n) is 6.77. The molecule has 0 aliphatic heterocycles. The van der Waals surface area contributed by atoms with Gasteiger partial charge in [-0.15, -0.1) is 0 Å². The number of hydrogen-bond acceptors (Lipinski definition) is 2. The Hall–Kier alpha value is -1.55. The maximum Gasteiger partial charge on any atom is 0.321 e. The molecule has 0 saturated heterocycles. The van der Waals surface area contributed by atoms with Crippen LogP contribution in [0.25, 0.3) is 0 Å². The molecule has 3 unspecified atom stereocenters. The summed E-state index contributed by atoms with van der Waals surface area (Å²) in [5, 5.41) is 12.4. The fourth-order valence-electron chi connectivity index (χ4n) is 2.18. The van der Waals surface area contributed by atoms with E-state index >= 15 is 0 Å². The molecule has 19 heavy (non-hydrogen) atoms. The molecule has 1 aromatic carbocycles. The summed E-state index contributed by atoms with van der Waals surface area (Å²) in [6.45, 7) is 4.73. The van der Waals surface area contributed by atoms with Gasteiger partial charge in [0.15, 0.2) is 0 Å². The predicted molar refractivity (Wildman–Crippen MR) is 76.0 cm³/mol. The van der Waals surface area contributed by atoms with Crippen LogP contribution >= 0.6 is 0 Å². The van der Waals surface area contributed by atoms with Crippen molar-refractivity contribution in [1.29, 1.82) is 0 Å². The first-order chi connectivity index (χ1) is 8.97. The third kappa shape index (κ3) is 3.70. The number of carbonyl (C=O) groups excluding carboxylic acids is 1. The predicted octanol–water partition coefficient (Wildman–Crippen LogP) is 2.86. The molecule has 3 atom stereocenters. The Morgan fingerprint density at radius 3 is 2.84 bits per heavy atom. The summed E-state index contributed by atoms with van der Waals surface area (Å²) in [6, 6.07) is 7.21. The van der Waals surface area contributed by atoms with Crippen molar-refractivity contribution in [3.05, 3.63) is 29.8 Å². The molecule has 0 heterocycles. The van der Waals surface area contributed by atoms with E-state index in [0.29, 0.717) is 5.92 Å². The zero-order valence-electron chi connectivity index (χ0n) is 11.8. The van der Waals surface area contributed by atoms with Crippen LogP contribution in [0.3, 0.4) is 0 Å². The number of aliphatic hydroxyl groups is 1. The summed E-state index contributed by atoms with van der Waals surface area (Å²) in [6.07, 6.45) is 0.691. The number of urea groups is 1. The van der Waals surface area contributed by atoms with Crippen LogP contribution in [0, 0.1) is 11.8 Å². The van der Waals surface area contributed by atoms with Gasteiger partial charge < -0.3 is 15.3 Å². The third-order valence-electron chi connectivity index (χ3n) is 3.75. The number of rotatable bonds is 4. The second-order valence-electron chi connectivity index (χ2n) is 5.59. The van der Waals surface area contributed by atoms with E-state index in [9.17, 15) is 9.90 Å². The Labute approximate surface area is 114 Å². The molecule has 2 amide bonds. The van der Waals surface area contributed by atoms with Crippen LogP contribution in [-0.4, -0.2) is 29.6 Å². The number of aliphatic hydroxyl groups excluding tert-OH is 1. The van der Waals surface area contributed by atoms with Gasteiger partial charge in [0.25, 0.3) is 0 Å². The molecular formula is C15H22N2O2. The number of nitrogens with one attached hydrogen (secondary N) is 1. The third-order valence-corrected chi connectivity index (χ3v) is 3.75. The topological polar surface area (TPSA) is 52.6 Å². The highest BCUT2D eigenvalue weighted by Crippen LogP contribution is 2.38. The zero-order chi connectivity index (χ0) is 14.0. The van der Waals surface area contributed by atoms with E-state index < -0.39 is 6.10 Å². The summed E-state index contributed by atoms with van der Waals surface area (Å²) >= 11 is 0. The molecule has 4 heteroatoms. The molecule has 2 rings (SSSR count). The van der Waals surface area contributed by atoms with E-state index in [-0.39, 0.29) is 6.03 Å². The molecule has 1 fully saturated rings. The molecule has 1 aromatic rings. The minimum Gasteiger partial charge on any atom is -0.389 e. The highest BCUT2D eigenvalue weighted by molar-refractivity contribution is 5.89. The molecule has 104 valence electrons. The molecule has 0 radical (unpaired) electrons. The summed E-state index contributed by atoms with van der Waals surface area (Å²) in [5.74, 6) is 1.40. The molecule has 0 spiro atoms. The molecule has 1 saturated carbocycles. The molecule has 1 aliphatic rings. The van der Waals surface area contributed by atoms with Gasteiger partial charge in [0.2, 0.25) is 0 Å². The first-order valence-corrected chi connectivity index (χ1v) is 6.77. The second-order valence-corrected chi connectivity index (χ2v) is 5.59. The van der Waals surface area contributed by atoms with Crippen LogP contribution < -0.4 is 5.32 Å². The van der Waals surface area contributed by atoms with E-state index in [1.807, 2.05) is 25.2 Å². The Balaban J connectivity index is 1.92. The van der Waals surface area contributed by atoms with Crippen LogP contribution in [0.15, 0.2) is 24.3 Å². The van der Waals surface area contributed by atoms with Crippen molar-refractivity contribution < 1.29 is 9.90 Å². The maximum atomic E-state index is 12.0. The molecule has 2 N–H and O–H groups in total. The van der Waals surface area contributed by atoms with Crippen LogP contribution in [0.5, 0.6) is 0 Å². The molecule has 1 aliphatic carbocycles. The number of nitrogens with zero attached hydrogens (tertiary/aromatic N) is 1. The average Bonchev–Trinajstić information content (AvgIpc) is 3.05. The summed E-state index contributed by atoms with van der Waals surface area (Å²) in [5.41, 5.74) is 1.52. The van der Waals surface area contributed by atoms with E-state index in [2.05, 4.69) is 12.2 Å². The molecule has 0 aromatic heterocycles. The van der Waals surface area contributed by atoms with Crippen molar-refractivity contribution in [1.82, 2.24) is 4.90 Å². The Bertz CT molecular complexity index is 459. The van der Waals surface area contributed by atoms with Crippen molar-refractivity contribution in [2.45, 2.75) is 26.4 Å².